The molecule has 1 heterocycles. The van der Waals surface area contributed by atoms with Gasteiger partial charge in [0.15, 0.2) is 5.75 Å². The second-order valence-corrected chi connectivity index (χ2v) is 5.85. The standard InChI is InChI=1S/C12H12BrClF2N2O3/c13-7-3-6(14)4-8(9(7)21-11(15)16)18-10(19)12(17)1-2-20-5-12/h3-4,11H,1-2,5,17H2,(H,18,19). The van der Waals surface area contributed by atoms with Gasteiger partial charge in [0.1, 0.15) is 5.54 Å². The van der Waals surface area contributed by atoms with Gasteiger partial charge in [0, 0.05) is 11.6 Å². The molecule has 0 saturated carbocycles. The zero-order valence-corrected chi connectivity index (χ0v) is 13.0. The van der Waals surface area contributed by atoms with Crippen molar-refractivity contribution in [3.8, 4) is 5.75 Å². The number of alkyl halides is 2. The molecule has 9 heteroatoms. The van der Waals surface area contributed by atoms with Crippen molar-refractivity contribution < 1.29 is 23.0 Å². The Kier molecular flexibility index (Phi) is 5.03. The van der Waals surface area contributed by atoms with E-state index in [9.17, 15) is 13.6 Å². The molecule has 0 aromatic heterocycles. The minimum atomic E-state index is -3.04. The first-order chi connectivity index (χ1) is 9.82. The molecule has 3 N–H and O–H groups in total. The van der Waals surface area contributed by atoms with E-state index in [1.807, 2.05) is 0 Å². The first-order valence-corrected chi connectivity index (χ1v) is 7.11. The van der Waals surface area contributed by atoms with E-state index in [2.05, 4.69) is 26.0 Å². The average Bonchev–Trinajstić information content (AvgIpc) is 2.81. The number of nitrogens with one attached hydrogen (secondary N) is 1. The number of anilines is 1. The summed E-state index contributed by atoms with van der Waals surface area (Å²) in [6, 6.07) is 2.69. The third-order valence-corrected chi connectivity index (χ3v) is 3.78. The number of hydrogen-bond donors (Lipinski definition) is 2. The lowest BCUT2D eigenvalue weighted by molar-refractivity contribution is -0.121. The summed E-state index contributed by atoms with van der Waals surface area (Å²) in [5.74, 6) is -0.765. The minimum absolute atomic E-state index is 0.0106. The first-order valence-electron chi connectivity index (χ1n) is 5.94. The monoisotopic (exact) mass is 384 g/mol. The lowest BCUT2D eigenvalue weighted by atomic mass is 9.99. The second-order valence-electron chi connectivity index (χ2n) is 4.56. The van der Waals surface area contributed by atoms with Gasteiger partial charge in [-0.05, 0) is 34.5 Å². The van der Waals surface area contributed by atoms with Crippen molar-refractivity contribution in [2.24, 2.45) is 5.73 Å². The van der Waals surface area contributed by atoms with Crippen molar-refractivity contribution in [1.82, 2.24) is 0 Å². The van der Waals surface area contributed by atoms with E-state index in [-0.39, 0.29) is 27.5 Å². The molecule has 1 amide bonds. The maximum Gasteiger partial charge on any atom is 0.387 e. The van der Waals surface area contributed by atoms with Gasteiger partial charge in [-0.2, -0.15) is 8.78 Å². The van der Waals surface area contributed by atoms with Crippen LogP contribution >= 0.6 is 27.5 Å². The van der Waals surface area contributed by atoms with E-state index in [1.54, 1.807) is 0 Å². The Morgan fingerprint density at radius 1 is 1.57 bits per heavy atom. The van der Waals surface area contributed by atoms with Gasteiger partial charge in [-0.25, -0.2) is 0 Å². The molecule has 1 aromatic rings. The number of ether oxygens (including phenoxy) is 2. The quantitative estimate of drug-likeness (QED) is 0.836. The highest BCUT2D eigenvalue weighted by Gasteiger charge is 2.38. The predicted molar refractivity (Wildman–Crippen MR) is 76.8 cm³/mol. The van der Waals surface area contributed by atoms with Crippen LogP contribution in [-0.2, 0) is 9.53 Å². The van der Waals surface area contributed by atoms with E-state index >= 15 is 0 Å². The van der Waals surface area contributed by atoms with Crippen LogP contribution in [0.15, 0.2) is 16.6 Å². The summed E-state index contributed by atoms with van der Waals surface area (Å²) in [6.07, 6.45) is 0.339. The summed E-state index contributed by atoms with van der Waals surface area (Å²) >= 11 is 8.92. The maximum atomic E-state index is 12.5. The zero-order chi connectivity index (χ0) is 15.6. The highest BCUT2D eigenvalue weighted by atomic mass is 79.9. The van der Waals surface area contributed by atoms with Crippen LogP contribution in [0.4, 0.5) is 14.5 Å². The molecule has 0 bridgehead atoms. The highest BCUT2D eigenvalue weighted by Crippen LogP contribution is 2.38. The fraction of sp³-hybridized carbons (Fsp3) is 0.417. The maximum absolute atomic E-state index is 12.5. The molecule has 0 aliphatic carbocycles. The van der Waals surface area contributed by atoms with Crippen LogP contribution in [0.5, 0.6) is 5.75 Å². The van der Waals surface area contributed by atoms with Gasteiger partial charge >= 0.3 is 6.61 Å². The largest absolute Gasteiger partial charge is 0.431 e. The fourth-order valence-corrected chi connectivity index (χ4v) is 2.77. The first kappa shape index (κ1) is 16.4. The number of carbonyl (C=O) groups is 1. The van der Waals surface area contributed by atoms with Gasteiger partial charge in [0.05, 0.1) is 16.8 Å². The summed E-state index contributed by atoms with van der Waals surface area (Å²) in [4.78, 5) is 12.2. The fourth-order valence-electron chi connectivity index (χ4n) is 1.87. The van der Waals surface area contributed by atoms with Crippen LogP contribution in [0.2, 0.25) is 5.02 Å². The van der Waals surface area contributed by atoms with Crippen LogP contribution in [0, 0.1) is 0 Å². The third-order valence-electron chi connectivity index (χ3n) is 2.97. The molecule has 1 saturated heterocycles. The van der Waals surface area contributed by atoms with E-state index < -0.39 is 18.1 Å². The minimum Gasteiger partial charge on any atom is -0.431 e. The molecule has 1 fully saturated rings. The van der Waals surface area contributed by atoms with E-state index in [0.717, 1.165) is 0 Å². The lowest BCUT2D eigenvalue weighted by Crippen LogP contribution is -2.51. The van der Waals surface area contributed by atoms with Crippen LogP contribution in [0.25, 0.3) is 0 Å². The molecular formula is C12H12BrClF2N2O3. The Morgan fingerprint density at radius 3 is 2.86 bits per heavy atom. The Hall–Kier alpha value is -0.960. The van der Waals surface area contributed by atoms with Crippen LogP contribution < -0.4 is 15.8 Å². The summed E-state index contributed by atoms with van der Waals surface area (Å²) in [7, 11) is 0. The summed E-state index contributed by atoms with van der Waals surface area (Å²) in [6.45, 7) is -2.62. The Morgan fingerprint density at radius 2 is 2.29 bits per heavy atom. The molecule has 0 spiro atoms. The van der Waals surface area contributed by atoms with Gasteiger partial charge < -0.3 is 20.5 Å². The summed E-state index contributed by atoms with van der Waals surface area (Å²) < 4.78 is 34.6. The molecule has 1 aliphatic heterocycles. The van der Waals surface area contributed by atoms with Crippen molar-refractivity contribution in [3.05, 3.63) is 21.6 Å². The van der Waals surface area contributed by atoms with Crippen molar-refractivity contribution in [2.75, 3.05) is 18.5 Å². The topological polar surface area (TPSA) is 73.6 Å². The molecule has 1 aliphatic rings. The Balaban J connectivity index is 2.27. The number of rotatable bonds is 4. The van der Waals surface area contributed by atoms with Gasteiger partial charge in [-0.15, -0.1) is 0 Å². The normalized spacial score (nSPS) is 21.6. The highest BCUT2D eigenvalue weighted by molar-refractivity contribution is 9.10. The number of halogens is 4. The number of hydrogen-bond acceptors (Lipinski definition) is 4. The van der Waals surface area contributed by atoms with Gasteiger partial charge in [0.2, 0.25) is 5.91 Å². The Bertz CT molecular complexity index is 554. The van der Waals surface area contributed by atoms with Crippen LogP contribution in [0.1, 0.15) is 6.42 Å². The van der Waals surface area contributed by atoms with E-state index in [4.69, 9.17) is 22.1 Å². The van der Waals surface area contributed by atoms with Crippen molar-refractivity contribution in [1.29, 1.82) is 0 Å². The SMILES string of the molecule is NC1(C(=O)Nc2cc(Cl)cc(Br)c2OC(F)F)CCOC1. The average molecular weight is 386 g/mol. The zero-order valence-electron chi connectivity index (χ0n) is 10.7. The Labute approximate surface area is 132 Å². The molecule has 1 atom stereocenters. The van der Waals surface area contributed by atoms with Gasteiger partial charge in [-0.3, -0.25) is 4.79 Å². The molecule has 1 aromatic carbocycles. The third kappa shape index (κ3) is 3.82. The summed E-state index contributed by atoms with van der Waals surface area (Å²) in [5, 5.41) is 2.71. The van der Waals surface area contributed by atoms with Gasteiger partial charge in [0.25, 0.3) is 0 Å². The van der Waals surface area contributed by atoms with Gasteiger partial charge in [-0.1, -0.05) is 11.6 Å². The smallest absolute Gasteiger partial charge is 0.387 e. The number of benzene rings is 1. The number of amides is 1. The van der Waals surface area contributed by atoms with Crippen LogP contribution in [0.3, 0.4) is 0 Å². The van der Waals surface area contributed by atoms with E-state index in [1.165, 1.54) is 12.1 Å². The number of nitrogens with two attached hydrogens (primary N) is 1. The molecule has 5 nitrogen and oxygen atoms in total. The molecule has 1 unspecified atom stereocenters. The lowest BCUT2D eigenvalue weighted by Gasteiger charge is -2.22. The molecule has 21 heavy (non-hydrogen) atoms. The molecule has 2 rings (SSSR count). The van der Waals surface area contributed by atoms with Crippen molar-refractivity contribution in [2.45, 2.75) is 18.6 Å². The number of carbonyl (C=O) groups excluding carboxylic acids is 1. The predicted octanol–water partition coefficient (Wildman–Crippen LogP) is 2.76. The second kappa shape index (κ2) is 6.43. The molecular weight excluding hydrogens is 373 g/mol. The van der Waals surface area contributed by atoms with Crippen molar-refractivity contribution in [3.63, 3.8) is 0 Å². The van der Waals surface area contributed by atoms with Crippen LogP contribution in [-0.4, -0.2) is 31.3 Å². The van der Waals surface area contributed by atoms with Crippen molar-refractivity contribution >= 4 is 39.1 Å². The summed E-state index contributed by atoms with van der Waals surface area (Å²) in [5.41, 5.74) is 4.72. The molecule has 0 radical (unpaired) electrons. The van der Waals surface area contributed by atoms with E-state index in [0.29, 0.717) is 13.0 Å². The molecule has 116 valence electrons.